The lowest BCUT2D eigenvalue weighted by molar-refractivity contribution is 0.101. The van der Waals surface area contributed by atoms with Crippen LogP contribution in [-0.4, -0.2) is 27.9 Å². The number of amides is 1. The third kappa shape index (κ3) is 1.78. The molecule has 2 heterocycles. The van der Waals surface area contributed by atoms with Crippen molar-refractivity contribution in [3.63, 3.8) is 0 Å². The molecule has 0 radical (unpaired) electrons. The van der Waals surface area contributed by atoms with Gasteiger partial charge < -0.3 is 14.8 Å². The number of carbonyl (C=O) groups is 1. The van der Waals surface area contributed by atoms with Gasteiger partial charge in [0.15, 0.2) is 11.5 Å². The molecule has 7 nitrogen and oxygen atoms in total. The highest BCUT2D eigenvalue weighted by atomic mass is 16.7. The molecule has 2 N–H and O–H groups in total. The van der Waals surface area contributed by atoms with E-state index in [0.29, 0.717) is 17.2 Å². The lowest BCUT2D eigenvalue weighted by Gasteiger charge is -2.03. The van der Waals surface area contributed by atoms with Crippen LogP contribution in [0.25, 0.3) is 0 Å². The third-order valence-corrected chi connectivity index (χ3v) is 2.26. The number of nitrogens with zero attached hydrogens (tertiary/aromatic N) is 2. The van der Waals surface area contributed by atoms with Gasteiger partial charge in [-0.2, -0.15) is 5.10 Å². The minimum atomic E-state index is -0.360. The molecular weight excluding hydrogens is 224 g/mol. The van der Waals surface area contributed by atoms with E-state index in [1.54, 1.807) is 18.2 Å². The number of hydrogen-bond donors (Lipinski definition) is 2. The number of aromatic amines is 1. The average molecular weight is 232 g/mol. The largest absolute Gasteiger partial charge is 0.454 e. The number of rotatable bonds is 2. The monoisotopic (exact) mass is 232 g/mol. The SMILES string of the molecule is O=C(Nc1ccc2c(c1)OCO2)c1ncn[nH]1. The Kier molecular flexibility index (Phi) is 2.14. The number of benzene rings is 1. The lowest BCUT2D eigenvalue weighted by Crippen LogP contribution is -2.13. The van der Waals surface area contributed by atoms with Gasteiger partial charge in [0.05, 0.1) is 0 Å². The molecule has 86 valence electrons. The van der Waals surface area contributed by atoms with Crippen LogP contribution in [0.15, 0.2) is 24.5 Å². The van der Waals surface area contributed by atoms with E-state index in [2.05, 4.69) is 20.5 Å². The van der Waals surface area contributed by atoms with Crippen molar-refractivity contribution < 1.29 is 14.3 Å². The summed E-state index contributed by atoms with van der Waals surface area (Å²) in [5, 5.41) is 8.75. The Bertz CT molecular complexity index is 553. The molecule has 0 atom stereocenters. The highest BCUT2D eigenvalue weighted by Gasteiger charge is 2.15. The van der Waals surface area contributed by atoms with Gasteiger partial charge in [-0.25, -0.2) is 4.98 Å². The minimum Gasteiger partial charge on any atom is -0.454 e. The standard InChI is InChI=1S/C10H8N4O3/c15-10(9-11-4-12-14-9)13-6-1-2-7-8(3-6)17-5-16-7/h1-4H,5H2,(H,13,15)(H,11,12,14). The van der Waals surface area contributed by atoms with Crippen LogP contribution in [0, 0.1) is 0 Å². The maximum absolute atomic E-state index is 11.7. The molecule has 0 saturated carbocycles. The van der Waals surface area contributed by atoms with Crippen molar-refractivity contribution in [2.24, 2.45) is 0 Å². The Hall–Kier alpha value is -2.57. The molecule has 1 aromatic heterocycles. The van der Waals surface area contributed by atoms with Crippen LogP contribution in [0.4, 0.5) is 5.69 Å². The fraction of sp³-hybridized carbons (Fsp3) is 0.100. The molecule has 17 heavy (non-hydrogen) atoms. The second-order valence-corrected chi connectivity index (χ2v) is 3.36. The fourth-order valence-corrected chi connectivity index (χ4v) is 1.48. The summed E-state index contributed by atoms with van der Waals surface area (Å²) < 4.78 is 10.4. The highest BCUT2D eigenvalue weighted by Crippen LogP contribution is 2.34. The minimum absolute atomic E-state index is 0.155. The topological polar surface area (TPSA) is 89.1 Å². The van der Waals surface area contributed by atoms with Gasteiger partial charge in [0.25, 0.3) is 5.91 Å². The zero-order valence-electron chi connectivity index (χ0n) is 8.64. The molecule has 2 aromatic rings. The summed E-state index contributed by atoms with van der Waals surface area (Å²) >= 11 is 0. The Morgan fingerprint density at radius 2 is 2.24 bits per heavy atom. The fourth-order valence-electron chi connectivity index (χ4n) is 1.48. The third-order valence-electron chi connectivity index (χ3n) is 2.26. The molecule has 0 bridgehead atoms. The molecule has 0 saturated heterocycles. The Morgan fingerprint density at radius 3 is 3.06 bits per heavy atom. The van der Waals surface area contributed by atoms with Crippen molar-refractivity contribution in [1.82, 2.24) is 15.2 Å². The second-order valence-electron chi connectivity index (χ2n) is 3.36. The van der Waals surface area contributed by atoms with Crippen LogP contribution >= 0.6 is 0 Å². The number of anilines is 1. The Labute approximate surface area is 95.8 Å². The molecule has 7 heteroatoms. The number of aromatic nitrogens is 3. The van der Waals surface area contributed by atoms with Crippen LogP contribution in [-0.2, 0) is 0 Å². The lowest BCUT2D eigenvalue weighted by atomic mass is 10.3. The molecule has 3 rings (SSSR count). The predicted octanol–water partition coefficient (Wildman–Crippen LogP) is 0.786. The summed E-state index contributed by atoms with van der Waals surface area (Å²) in [6.07, 6.45) is 1.27. The van der Waals surface area contributed by atoms with Crippen molar-refractivity contribution in [1.29, 1.82) is 0 Å². The highest BCUT2D eigenvalue weighted by molar-refractivity contribution is 6.01. The van der Waals surface area contributed by atoms with Gasteiger partial charge in [-0.3, -0.25) is 9.89 Å². The van der Waals surface area contributed by atoms with E-state index in [9.17, 15) is 4.79 Å². The van der Waals surface area contributed by atoms with Gasteiger partial charge in [0, 0.05) is 11.8 Å². The summed E-state index contributed by atoms with van der Waals surface area (Å²) in [6.45, 7) is 0.203. The van der Waals surface area contributed by atoms with Crippen LogP contribution in [0.5, 0.6) is 11.5 Å². The second kappa shape index (κ2) is 3.78. The van der Waals surface area contributed by atoms with Crippen molar-refractivity contribution >= 4 is 11.6 Å². The summed E-state index contributed by atoms with van der Waals surface area (Å²) in [7, 11) is 0. The van der Waals surface area contributed by atoms with Crippen LogP contribution in [0.2, 0.25) is 0 Å². The van der Waals surface area contributed by atoms with Crippen LogP contribution in [0.1, 0.15) is 10.6 Å². The van der Waals surface area contributed by atoms with Crippen LogP contribution < -0.4 is 14.8 Å². The summed E-state index contributed by atoms with van der Waals surface area (Å²) in [6, 6.07) is 5.15. The number of nitrogens with one attached hydrogen (secondary N) is 2. The summed E-state index contributed by atoms with van der Waals surface area (Å²) in [4.78, 5) is 15.4. The van der Waals surface area contributed by atoms with E-state index >= 15 is 0 Å². The summed E-state index contributed by atoms with van der Waals surface area (Å²) in [5.74, 6) is 1.08. The van der Waals surface area contributed by atoms with Gasteiger partial charge >= 0.3 is 0 Å². The molecule has 0 fully saturated rings. The van der Waals surface area contributed by atoms with E-state index in [0.717, 1.165) is 0 Å². The Morgan fingerprint density at radius 1 is 1.35 bits per heavy atom. The van der Waals surface area contributed by atoms with Crippen LogP contribution in [0.3, 0.4) is 0 Å². The van der Waals surface area contributed by atoms with Gasteiger partial charge in [-0.05, 0) is 12.1 Å². The number of hydrogen-bond acceptors (Lipinski definition) is 5. The van der Waals surface area contributed by atoms with Gasteiger partial charge in [0.1, 0.15) is 6.33 Å². The van der Waals surface area contributed by atoms with Gasteiger partial charge in [-0.1, -0.05) is 0 Å². The molecular formula is C10H8N4O3. The molecule has 1 aromatic carbocycles. The maximum Gasteiger partial charge on any atom is 0.292 e. The molecule has 1 aliphatic heterocycles. The van der Waals surface area contributed by atoms with Crippen molar-refractivity contribution in [2.45, 2.75) is 0 Å². The first-order valence-electron chi connectivity index (χ1n) is 4.89. The molecule has 1 aliphatic rings. The number of fused-ring (bicyclic) bond motifs is 1. The van der Waals surface area contributed by atoms with E-state index in [4.69, 9.17) is 9.47 Å². The first kappa shape index (κ1) is 9.64. The number of H-pyrrole nitrogens is 1. The average Bonchev–Trinajstić information content (AvgIpc) is 2.99. The van der Waals surface area contributed by atoms with Crippen molar-refractivity contribution in [2.75, 3.05) is 12.1 Å². The van der Waals surface area contributed by atoms with Gasteiger partial charge in [0.2, 0.25) is 12.6 Å². The van der Waals surface area contributed by atoms with Gasteiger partial charge in [-0.15, -0.1) is 0 Å². The number of carbonyl (C=O) groups excluding carboxylic acids is 1. The molecule has 0 unspecified atom stereocenters. The first-order chi connectivity index (χ1) is 8.33. The quantitative estimate of drug-likeness (QED) is 0.798. The normalized spacial score (nSPS) is 12.5. The molecule has 0 aliphatic carbocycles. The van der Waals surface area contributed by atoms with E-state index in [1.807, 2.05) is 0 Å². The van der Waals surface area contributed by atoms with Crippen molar-refractivity contribution in [3.8, 4) is 11.5 Å². The zero-order valence-corrected chi connectivity index (χ0v) is 8.64. The van der Waals surface area contributed by atoms with Crippen molar-refractivity contribution in [3.05, 3.63) is 30.4 Å². The smallest absolute Gasteiger partial charge is 0.292 e. The predicted molar refractivity (Wildman–Crippen MR) is 56.9 cm³/mol. The van der Waals surface area contributed by atoms with E-state index in [-0.39, 0.29) is 18.5 Å². The zero-order chi connectivity index (χ0) is 11.7. The molecule has 0 spiro atoms. The van der Waals surface area contributed by atoms with E-state index < -0.39 is 0 Å². The molecule has 1 amide bonds. The summed E-state index contributed by atoms with van der Waals surface area (Å²) in [5.41, 5.74) is 0.607. The maximum atomic E-state index is 11.7. The first-order valence-corrected chi connectivity index (χ1v) is 4.89. The van der Waals surface area contributed by atoms with E-state index in [1.165, 1.54) is 6.33 Å². The number of ether oxygens (including phenoxy) is 2. The Balaban J connectivity index is 1.80.